The van der Waals surface area contributed by atoms with Gasteiger partial charge in [-0.3, -0.25) is 4.79 Å². The van der Waals surface area contributed by atoms with Crippen molar-refractivity contribution in [1.29, 1.82) is 0 Å². The van der Waals surface area contributed by atoms with Gasteiger partial charge in [-0.15, -0.1) is 0 Å². The molecular weight excluding hydrogens is 290 g/mol. The van der Waals surface area contributed by atoms with Crippen LogP contribution in [0.25, 0.3) is 0 Å². The molecule has 1 heterocycles. The summed E-state index contributed by atoms with van der Waals surface area (Å²) in [7, 11) is 0. The normalized spacial score (nSPS) is 17.3. The number of amides is 1. The maximum atomic E-state index is 12.2. The van der Waals surface area contributed by atoms with Crippen LogP contribution < -0.4 is 0 Å². The van der Waals surface area contributed by atoms with Crippen LogP contribution in [-0.2, 0) is 9.53 Å². The third-order valence-corrected chi connectivity index (χ3v) is 3.55. The van der Waals surface area contributed by atoms with E-state index in [1.807, 2.05) is 51.1 Å². The van der Waals surface area contributed by atoms with Crippen molar-refractivity contribution in [2.45, 2.75) is 51.7 Å². The van der Waals surface area contributed by atoms with Crippen molar-refractivity contribution in [3.63, 3.8) is 0 Å². The van der Waals surface area contributed by atoms with Crippen LogP contribution in [0.5, 0.6) is 0 Å². The van der Waals surface area contributed by atoms with Gasteiger partial charge in [0.15, 0.2) is 0 Å². The summed E-state index contributed by atoms with van der Waals surface area (Å²) in [5.41, 5.74) is 0.290. The molecular formula is C19H23NO3. The zero-order valence-electron chi connectivity index (χ0n) is 14.0. The second-order valence-corrected chi connectivity index (χ2v) is 6.71. The van der Waals surface area contributed by atoms with Crippen molar-refractivity contribution in [2.75, 3.05) is 6.54 Å². The number of likely N-dealkylation sites (tertiary alicyclic amines) is 1. The Bertz CT molecular complexity index is 620. The second kappa shape index (κ2) is 7.32. The molecule has 0 unspecified atom stereocenters. The first-order valence-electron chi connectivity index (χ1n) is 7.95. The number of ketones is 1. The summed E-state index contributed by atoms with van der Waals surface area (Å²) in [5, 5.41) is 0. The predicted molar refractivity (Wildman–Crippen MR) is 88.9 cm³/mol. The maximum absolute atomic E-state index is 12.2. The van der Waals surface area contributed by atoms with Crippen molar-refractivity contribution in [2.24, 2.45) is 0 Å². The van der Waals surface area contributed by atoms with Gasteiger partial charge in [0, 0.05) is 24.6 Å². The van der Waals surface area contributed by atoms with E-state index in [2.05, 4.69) is 11.8 Å². The molecule has 1 amide bonds. The highest BCUT2D eigenvalue weighted by Gasteiger charge is 2.33. The lowest BCUT2D eigenvalue weighted by Gasteiger charge is -2.28. The van der Waals surface area contributed by atoms with Gasteiger partial charge in [-0.2, -0.15) is 0 Å². The van der Waals surface area contributed by atoms with Crippen LogP contribution in [0, 0.1) is 11.8 Å². The van der Waals surface area contributed by atoms with Crippen LogP contribution in [0.1, 0.15) is 45.6 Å². The molecule has 0 bridgehead atoms. The Hall–Kier alpha value is -2.28. The summed E-state index contributed by atoms with van der Waals surface area (Å²) in [6.07, 6.45) is 1.63. The average Bonchev–Trinajstić information content (AvgIpc) is 2.93. The Balaban J connectivity index is 1.95. The van der Waals surface area contributed by atoms with Gasteiger partial charge in [0.2, 0.25) is 5.78 Å². The Kier molecular flexibility index (Phi) is 5.44. The van der Waals surface area contributed by atoms with E-state index in [1.165, 1.54) is 0 Å². The van der Waals surface area contributed by atoms with Crippen LogP contribution in [0.15, 0.2) is 30.3 Å². The first-order chi connectivity index (χ1) is 10.8. The molecule has 0 saturated carbocycles. The highest BCUT2D eigenvalue weighted by Crippen LogP contribution is 2.23. The molecule has 0 radical (unpaired) electrons. The molecule has 1 aliphatic heterocycles. The van der Waals surface area contributed by atoms with Crippen molar-refractivity contribution < 1.29 is 14.3 Å². The summed E-state index contributed by atoms with van der Waals surface area (Å²) >= 11 is 0. The summed E-state index contributed by atoms with van der Waals surface area (Å²) in [6.45, 7) is 6.16. The largest absolute Gasteiger partial charge is 0.444 e. The smallest absolute Gasteiger partial charge is 0.410 e. The second-order valence-electron chi connectivity index (χ2n) is 6.71. The highest BCUT2D eigenvalue weighted by molar-refractivity contribution is 5.96. The van der Waals surface area contributed by atoms with E-state index in [9.17, 15) is 9.59 Å². The summed E-state index contributed by atoms with van der Waals surface area (Å²) in [6, 6.07) is 9.30. The molecule has 1 atom stereocenters. The van der Waals surface area contributed by atoms with Crippen molar-refractivity contribution in [3.8, 4) is 11.8 Å². The number of rotatable bonds is 2. The highest BCUT2D eigenvalue weighted by atomic mass is 16.6. The number of hydrogen-bond acceptors (Lipinski definition) is 3. The molecule has 1 aliphatic rings. The van der Waals surface area contributed by atoms with Gasteiger partial charge >= 0.3 is 6.09 Å². The fraction of sp³-hybridized carbons (Fsp3) is 0.474. The molecule has 1 aromatic carbocycles. The molecule has 2 rings (SSSR count). The van der Waals surface area contributed by atoms with Gasteiger partial charge in [0.25, 0.3) is 0 Å². The van der Waals surface area contributed by atoms with E-state index < -0.39 is 5.60 Å². The van der Waals surface area contributed by atoms with Gasteiger partial charge in [-0.05, 0) is 51.7 Å². The molecule has 122 valence electrons. The molecule has 0 aromatic heterocycles. The monoisotopic (exact) mass is 313 g/mol. The molecule has 0 spiro atoms. The fourth-order valence-corrected chi connectivity index (χ4v) is 2.54. The summed E-state index contributed by atoms with van der Waals surface area (Å²) < 4.78 is 5.40. The number of carbonyl (C=O) groups is 2. The lowest BCUT2D eigenvalue weighted by molar-refractivity contribution is -0.114. The first kappa shape index (κ1) is 17.1. The molecule has 23 heavy (non-hydrogen) atoms. The van der Waals surface area contributed by atoms with Gasteiger partial charge in [0.1, 0.15) is 5.60 Å². The molecule has 1 aromatic rings. The summed E-state index contributed by atoms with van der Waals surface area (Å²) in [5.74, 6) is 5.39. The van der Waals surface area contributed by atoms with Crippen LogP contribution in [-0.4, -0.2) is 35.0 Å². The zero-order chi connectivity index (χ0) is 16.9. The Morgan fingerprint density at radius 1 is 1.26 bits per heavy atom. The average molecular weight is 313 g/mol. The van der Waals surface area contributed by atoms with Crippen LogP contribution in [0.4, 0.5) is 4.79 Å². The van der Waals surface area contributed by atoms with Crippen LogP contribution in [0.2, 0.25) is 0 Å². The lowest BCUT2D eigenvalue weighted by atomic mass is 10.1. The van der Waals surface area contributed by atoms with Crippen LogP contribution in [0.3, 0.4) is 0 Å². The van der Waals surface area contributed by atoms with Gasteiger partial charge < -0.3 is 9.64 Å². The lowest BCUT2D eigenvalue weighted by Crippen LogP contribution is -2.40. The Morgan fingerprint density at radius 3 is 2.61 bits per heavy atom. The number of carbonyl (C=O) groups excluding carboxylic acids is 2. The molecule has 1 fully saturated rings. The minimum absolute atomic E-state index is 0.109. The number of ether oxygens (including phenoxy) is 1. The van der Waals surface area contributed by atoms with Crippen molar-refractivity contribution in [1.82, 2.24) is 4.90 Å². The van der Waals surface area contributed by atoms with Gasteiger partial charge in [-0.1, -0.05) is 24.1 Å². The van der Waals surface area contributed by atoms with E-state index >= 15 is 0 Å². The summed E-state index contributed by atoms with van der Waals surface area (Å²) in [4.78, 5) is 25.9. The van der Waals surface area contributed by atoms with Gasteiger partial charge in [-0.25, -0.2) is 4.79 Å². The van der Waals surface area contributed by atoms with E-state index in [-0.39, 0.29) is 24.3 Å². The predicted octanol–water partition coefficient (Wildman–Crippen LogP) is 3.40. The third-order valence-electron chi connectivity index (χ3n) is 3.55. The minimum Gasteiger partial charge on any atom is -0.444 e. The topological polar surface area (TPSA) is 46.6 Å². The molecule has 4 nitrogen and oxygen atoms in total. The molecule has 4 heteroatoms. The van der Waals surface area contributed by atoms with E-state index in [1.54, 1.807) is 4.90 Å². The zero-order valence-corrected chi connectivity index (χ0v) is 14.0. The van der Waals surface area contributed by atoms with Crippen molar-refractivity contribution in [3.05, 3.63) is 35.9 Å². The fourth-order valence-electron chi connectivity index (χ4n) is 2.54. The third kappa shape index (κ3) is 5.45. The molecule has 0 aliphatic carbocycles. The Morgan fingerprint density at radius 2 is 1.96 bits per heavy atom. The number of nitrogens with zero attached hydrogens (tertiary/aromatic N) is 1. The van der Waals surface area contributed by atoms with Gasteiger partial charge in [0.05, 0.1) is 0 Å². The van der Waals surface area contributed by atoms with E-state index in [0.29, 0.717) is 6.54 Å². The van der Waals surface area contributed by atoms with Crippen molar-refractivity contribution >= 4 is 11.9 Å². The SMILES string of the molecule is CC(C)(C)OC(=O)N1CCC[C@H]1CC(=O)C#Cc1ccccc1. The maximum Gasteiger partial charge on any atom is 0.410 e. The number of Topliss-reactive ketones (excluding diaryl/α,β-unsaturated/α-hetero) is 1. The standard InChI is InChI=1S/C19H23NO3/c1-19(2,3)23-18(22)20-13-7-10-16(20)14-17(21)12-11-15-8-5-4-6-9-15/h4-6,8-9,16H,7,10,13-14H2,1-3H3/t16-/m0/s1. The van der Waals surface area contributed by atoms with E-state index in [0.717, 1.165) is 18.4 Å². The number of benzene rings is 1. The van der Waals surface area contributed by atoms with Crippen LogP contribution >= 0.6 is 0 Å². The Labute approximate surface area is 137 Å². The first-order valence-corrected chi connectivity index (χ1v) is 7.95. The molecule has 0 N–H and O–H groups in total. The van der Waals surface area contributed by atoms with E-state index in [4.69, 9.17) is 4.74 Å². The number of hydrogen-bond donors (Lipinski definition) is 0. The quantitative estimate of drug-likeness (QED) is 0.786. The molecule has 1 saturated heterocycles. The minimum atomic E-state index is -0.526.